The molecule has 1 aromatic rings. The van der Waals surface area contributed by atoms with Crippen molar-refractivity contribution in [2.24, 2.45) is 11.7 Å². The van der Waals surface area contributed by atoms with Gasteiger partial charge in [0.2, 0.25) is 0 Å². The van der Waals surface area contributed by atoms with Crippen LogP contribution in [0.1, 0.15) is 45.1 Å². The number of rotatable bonds is 12. The zero-order valence-electron chi connectivity index (χ0n) is 27.9. The molecule has 264 valence electrons. The van der Waals surface area contributed by atoms with Crippen molar-refractivity contribution < 1.29 is 26.3 Å². The molecule has 0 bridgehead atoms. The van der Waals surface area contributed by atoms with Gasteiger partial charge < -0.3 is 26.8 Å². The standard InChI is InChI=1S/C34H44ClF6N7/c1-16(17(2)43-3)11-23(21-7-8-25(35)27-30(21)47(5)48(6)33(27)42)26-24(14-18-12-19(36)15-20(37)13-18)28(26)45-46-31-22(9-10-34(31,40)41)29(44-4)32(38)39/h11-13,15,17,24,28-29,32-33,43-46H,7-10,14,42H2,1-6H3/b16-11-,26-23+. The smallest absolute Gasteiger partial charge is 0.288 e. The van der Waals surface area contributed by atoms with Crippen LogP contribution in [-0.4, -0.2) is 74.8 Å². The summed E-state index contributed by atoms with van der Waals surface area (Å²) in [6.07, 6.45) is -0.826. The number of nitrogens with two attached hydrogens (primary N) is 1. The summed E-state index contributed by atoms with van der Waals surface area (Å²) in [5, 5.41) is 10.2. The minimum absolute atomic E-state index is 0.0172. The first-order valence-electron chi connectivity index (χ1n) is 16.1. The first-order chi connectivity index (χ1) is 22.6. The maximum atomic E-state index is 15.2. The molecule has 1 saturated heterocycles. The van der Waals surface area contributed by atoms with Crippen LogP contribution >= 0.6 is 11.6 Å². The Bertz CT molecular complexity index is 1560. The van der Waals surface area contributed by atoms with Crippen LogP contribution in [0.2, 0.25) is 0 Å². The molecule has 0 amide bonds. The number of fused-ring (bicyclic) bond motifs is 1. The molecule has 5 rings (SSSR count). The molecule has 0 aromatic heterocycles. The van der Waals surface area contributed by atoms with Crippen molar-refractivity contribution in [3.8, 4) is 0 Å². The van der Waals surface area contributed by atoms with Gasteiger partial charge in [0.25, 0.3) is 12.3 Å². The van der Waals surface area contributed by atoms with E-state index in [9.17, 15) is 17.6 Å². The topological polar surface area (TPSA) is 80.6 Å². The molecule has 14 heteroatoms. The summed E-state index contributed by atoms with van der Waals surface area (Å²) in [5.41, 5.74) is 17.2. The SMILES string of the molecule is CNC(C)/C(C)=C\C(C1=C2C(=C(Cl)CC1)C(N)N(C)N2C)=C1\C(Cc2cc(F)cc(F)c2)C1NNC1=C(C(NC)C(F)F)CCC1(F)F. The Kier molecular flexibility index (Phi) is 10.8. The van der Waals surface area contributed by atoms with Crippen LogP contribution in [0.15, 0.2) is 74.1 Å². The zero-order chi connectivity index (χ0) is 35.2. The fraction of sp³-hybridized carbons (Fsp3) is 0.529. The molecule has 5 unspecified atom stereocenters. The van der Waals surface area contributed by atoms with Gasteiger partial charge in [-0.1, -0.05) is 23.3 Å². The summed E-state index contributed by atoms with van der Waals surface area (Å²) in [7, 11) is 6.90. The Morgan fingerprint density at radius 2 is 1.75 bits per heavy atom. The number of hydrazine groups is 2. The maximum absolute atomic E-state index is 15.2. The number of halogens is 7. The molecule has 2 fully saturated rings. The average molecular weight is 700 g/mol. The number of nitrogens with zero attached hydrogens (tertiary/aromatic N) is 2. The van der Waals surface area contributed by atoms with E-state index in [0.717, 1.165) is 39.6 Å². The van der Waals surface area contributed by atoms with E-state index in [-0.39, 0.29) is 30.4 Å². The van der Waals surface area contributed by atoms with Crippen LogP contribution in [0, 0.1) is 17.6 Å². The number of nitrogens with one attached hydrogen (secondary N) is 4. The quantitative estimate of drug-likeness (QED) is 0.144. The van der Waals surface area contributed by atoms with Crippen LogP contribution < -0.4 is 27.2 Å². The van der Waals surface area contributed by atoms with E-state index in [1.165, 1.54) is 19.2 Å². The Balaban J connectivity index is 1.66. The van der Waals surface area contributed by atoms with E-state index in [0.29, 0.717) is 23.4 Å². The van der Waals surface area contributed by atoms with E-state index in [4.69, 9.17) is 17.3 Å². The predicted octanol–water partition coefficient (Wildman–Crippen LogP) is 5.60. The second-order valence-corrected chi connectivity index (χ2v) is 13.5. The van der Waals surface area contributed by atoms with Gasteiger partial charge in [0.15, 0.2) is 0 Å². The molecular formula is C34H44ClF6N7. The monoisotopic (exact) mass is 699 g/mol. The Hall–Kier alpha value is -2.81. The van der Waals surface area contributed by atoms with Crippen LogP contribution in [0.25, 0.3) is 0 Å². The lowest BCUT2D eigenvalue weighted by atomic mass is 9.87. The van der Waals surface area contributed by atoms with E-state index in [1.807, 2.05) is 45.0 Å². The second-order valence-electron chi connectivity index (χ2n) is 13.0. The van der Waals surface area contributed by atoms with Gasteiger partial charge in [-0.15, -0.1) is 0 Å². The highest BCUT2D eigenvalue weighted by atomic mass is 35.5. The van der Waals surface area contributed by atoms with Gasteiger partial charge in [-0.05, 0) is 93.6 Å². The lowest BCUT2D eigenvalue weighted by Crippen LogP contribution is -2.42. The number of likely N-dealkylation sites (N-methyl/N-ethyl adjacent to an activating group) is 4. The Morgan fingerprint density at radius 3 is 2.35 bits per heavy atom. The number of allylic oxidation sites excluding steroid dienone is 5. The fourth-order valence-corrected chi connectivity index (χ4v) is 7.40. The molecule has 6 N–H and O–H groups in total. The molecule has 48 heavy (non-hydrogen) atoms. The van der Waals surface area contributed by atoms with Crippen molar-refractivity contribution >= 4 is 11.6 Å². The first-order valence-corrected chi connectivity index (χ1v) is 16.5. The van der Waals surface area contributed by atoms with Crippen molar-refractivity contribution in [3.05, 3.63) is 91.3 Å². The van der Waals surface area contributed by atoms with Crippen LogP contribution in [0.3, 0.4) is 0 Å². The predicted molar refractivity (Wildman–Crippen MR) is 176 cm³/mol. The summed E-state index contributed by atoms with van der Waals surface area (Å²) in [6.45, 7) is 3.99. The second kappa shape index (κ2) is 14.2. The van der Waals surface area contributed by atoms with Crippen LogP contribution in [0.4, 0.5) is 26.3 Å². The van der Waals surface area contributed by atoms with Gasteiger partial charge >= 0.3 is 0 Å². The van der Waals surface area contributed by atoms with Gasteiger partial charge in [-0.3, -0.25) is 0 Å². The van der Waals surface area contributed by atoms with Gasteiger partial charge in [-0.25, -0.2) is 28.0 Å². The molecule has 1 heterocycles. The average Bonchev–Trinajstić information content (AvgIpc) is 3.52. The third kappa shape index (κ3) is 6.95. The van der Waals surface area contributed by atoms with Gasteiger partial charge in [0.05, 0.1) is 23.5 Å². The van der Waals surface area contributed by atoms with E-state index in [2.05, 4.69) is 27.6 Å². The summed E-state index contributed by atoms with van der Waals surface area (Å²) >= 11 is 6.75. The molecule has 0 spiro atoms. The Morgan fingerprint density at radius 1 is 1.08 bits per heavy atom. The molecule has 1 saturated carbocycles. The first kappa shape index (κ1) is 36.5. The van der Waals surface area contributed by atoms with Crippen molar-refractivity contribution in [3.63, 3.8) is 0 Å². The number of hydrogen-bond donors (Lipinski definition) is 5. The Labute approximate surface area is 282 Å². The third-order valence-electron chi connectivity index (χ3n) is 10.1. The molecule has 3 aliphatic carbocycles. The molecule has 7 nitrogen and oxygen atoms in total. The maximum Gasteiger partial charge on any atom is 0.288 e. The van der Waals surface area contributed by atoms with Crippen molar-refractivity contribution in [1.82, 2.24) is 31.5 Å². The summed E-state index contributed by atoms with van der Waals surface area (Å²) in [5.74, 6) is -5.19. The fourth-order valence-electron chi connectivity index (χ4n) is 7.10. The summed E-state index contributed by atoms with van der Waals surface area (Å²) in [4.78, 5) is 0. The lowest BCUT2D eigenvalue weighted by Gasteiger charge is -2.27. The molecular weight excluding hydrogens is 656 g/mol. The molecule has 1 aliphatic heterocycles. The third-order valence-corrected chi connectivity index (χ3v) is 10.5. The zero-order valence-corrected chi connectivity index (χ0v) is 28.7. The number of hydrogen-bond acceptors (Lipinski definition) is 7. The van der Waals surface area contributed by atoms with E-state index in [1.54, 1.807) is 0 Å². The molecule has 0 radical (unpaired) electrons. The highest BCUT2D eigenvalue weighted by Crippen LogP contribution is 2.51. The molecule has 5 atom stereocenters. The molecule has 4 aliphatic rings. The molecule has 1 aromatic carbocycles. The van der Waals surface area contributed by atoms with Gasteiger partial charge in [-0.2, -0.15) is 8.78 Å². The van der Waals surface area contributed by atoms with Crippen molar-refractivity contribution in [1.29, 1.82) is 0 Å². The van der Waals surface area contributed by atoms with Gasteiger partial charge in [0, 0.05) is 49.1 Å². The summed E-state index contributed by atoms with van der Waals surface area (Å²) in [6, 6.07) is 1.15. The largest absolute Gasteiger partial charge is 0.319 e. The lowest BCUT2D eigenvalue weighted by molar-refractivity contribution is 0.0339. The minimum atomic E-state index is -3.36. The highest BCUT2D eigenvalue weighted by molar-refractivity contribution is 6.30. The minimum Gasteiger partial charge on any atom is -0.319 e. The van der Waals surface area contributed by atoms with Crippen molar-refractivity contribution in [2.45, 2.75) is 82.6 Å². The van der Waals surface area contributed by atoms with Gasteiger partial charge in [0.1, 0.15) is 17.8 Å². The van der Waals surface area contributed by atoms with E-state index < -0.39 is 54.3 Å². The number of benzene rings is 1. The normalized spacial score (nSPS) is 26.9. The summed E-state index contributed by atoms with van der Waals surface area (Å²) < 4.78 is 86.7. The van der Waals surface area contributed by atoms with Crippen molar-refractivity contribution in [2.75, 3.05) is 28.2 Å². The van der Waals surface area contributed by atoms with Crippen LogP contribution in [0.5, 0.6) is 0 Å². The van der Waals surface area contributed by atoms with Crippen LogP contribution in [-0.2, 0) is 6.42 Å². The highest BCUT2D eigenvalue weighted by Gasteiger charge is 2.50. The van der Waals surface area contributed by atoms with E-state index >= 15 is 8.78 Å². The number of alkyl halides is 4.